The Labute approximate surface area is 139 Å². The van der Waals surface area contributed by atoms with Crippen molar-refractivity contribution in [3.8, 4) is 0 Å². The lowest BCUT2D eigenvalue weighted by molar-refractivity contribution is -0.145. The molecule has 4 heteroatoms. The predicted molar refractivity (Wildman–Crippen MR) is 90.8 cm³/mol. The SMILES string of the molecule is C=C(C)C1CCC(=C)C(OC(C)=O)CCC(=C)C(OC(C)=O)C1. The average Bonchev–Trinajstić information content (AvgIpc) is 2.43. The smallest absolute Gasteiger partial charge is 0.303 e. The van der Waals surface area contributed by atoms with Crippen LogP contribution in [0.1, 0.15) is 52.9 Å². The standard InChI is InChI=1S/C19H28O4/c1-12(2)17-9-7-13(3)18(22-15(5)20)10-8-14(4)19(11-17)23-16(6)21/h17-19H,1,3-4,7-11H2,2,5-6H3. The molecule has 0 aromatic rings. The minimum atomic E-state index is -0.321. The van der Waals surface area contributed by atoms with E-state index in [1.165, 1.54) is 13.8 Å². The first-order valence-corrected chi connectivity index (χ1v) is 8.05. The summed E-state index contributed by atoms with van der Waals surface area (Å²) in [5, 5.41) is 0. The number of rotatable bonds is 3. The Morgan fingerprint density at radius 1 is 0.913 bits per heavy atom. The van der Waals surface area contributed by atoms with E-state index < -0.39 is 0 Å². The van der Waals surface area contributed by atoms with Gasteiger partial charge in [0.05, 0.1) is 0 Å². The van der Waals surface area contributed by atoms with Gasteiger partial charge in [-0.2, -0.15) is 0 Å². The summed E-state index contributed by atoms with van der Waals surface area (Å²) in [5.41, 5.74) is 2.82. The lowest BCUT2D eigenvalue weighted by atomic mass is 9.83. The van der Waals surface area contributed by atoms with E-state index >= 15 is 0 Å². The van der Waals surface area contributed by atoms with Gasteiger partial charge in [-0.15, -0.1) is 0 Å². The Kier molecular flexibility index (Phi) is 7.27. The van der Waals surface area contributed by atoms with Crippen LogP contribution in [0.3, 0.4) is 0 Å². The molecule has 0 aromatic carbocycles. The summed E-state index contributed by atoms with van der Waals surface area (Å²) in [6, 6.07) is 0. The summed E-state index contributed by atoms with van der Waals surface area (Å²) in [5.74, 6) is -0.412. The molecule has 1 aliphatic rings. The van der Waals surface area contributed by atoms with Crippen LogP contribution in [0.2, 0.25) is 0 Å². The molecule has 0 heterocycles. The average molecular weight is 320 g/mol. The maximum Gasteiger partial charge on any atom is 0.303 e. The van der Waals surface area contributed by atoms with Gasteiger partial charge in [0, 0.05) is 13.8 Å². The zero-order valence-electron chi connectivity index (χ0n) is 14.5. The monoisotopic (exact) mass is 320 g/mol. The van der Waals surface area contributed by atoms with Crippen LogP contribution in [-0.4, -0.2) is 24.1 Å². The summed E-state index contributed by atoms with van der Waals surface area (Å²) in [6.45, 7) is 17.0. The van der Waals surface area contributed by atoms with Crippen molar-refractivity contribution < 1.29 is 19.1 Å². The number of carbonyl (C=O) groups excluding carboxylic acids is 2. The van der Waals surface area contributed by atoms with E-state index in [1.807, 2.05) is 6.92 Å². The molecule has 0 amide bonds. The van der Waals surface area contributed by atoms with Crippen LogP contribution in [0, 0.1) is 5.92 Å². The Hall–Kier alpha value is -1.84. The van der Waals surface area contributed by atoms with Gasteiger partial charge in [0.2, 0.25) is 0 Å². The highest BCUT2D eigenvalue weighted by Gasteiger charge is 2.26. The molecule has 0 bridgehead atoms. The third-order valence-corrected chi connectivity index (χ3v) is 4.26. The number of hydrogen-bond acceptors (Lipinski definition) is 4. The van der Waals surface area contributed by atoms with Crippen molar-refractivity contribution in [1.82, 2.24) is 0 Å². The lowest BCUT2D eigenvalue weighted by Crippen LogP contribution is -2.26. The molecule has 3 unspecified atom stereocenters. The molecular weight excluding hydrogens is 292 g/mol. The zero-order chi connectivity index (χ0) is 17.6. The van der Waals surface area contributed by atoms with Crippen molar-refractivity contribution in [3.63, 3.8) is 0 Å². The van der Waals surface area contributed by atoms with E-state index in [2.05, 4.69) is 19.7 Å². The summed E-state index contributed by atoms with van der Waals surface area (Å²) in [6.07, 6.45) is 2.90. The first kappa shape index (κ1) is 19.2. The van der Waals surface area contributed by atoms with Crippen LogP contribution < -0.4 is 0 Å². The highest BCUT2D eigenvalue weighted by atomic mass is 16.5. The molecule has 0 radical (unpaired) electrons. The van der Waals surface area contributed by atoms with E-state index in [-0.39, 0.29) is 30.1 Å². The van der Waals surface area contributed by atoms with E-state index in [0.29, 0.717) is 19.3 Å². The largest absolute Gasteiger partial charge is 0.458 e. The van der Waals surface area contributed by atoms with E-state index in [4.69, 9.17) is 9.47 Å². The van der Waals surface area contributed by atoms with Gasteiger partial charge in [0.1, 0.15) is 12.2 Å². The second kappa shape index (κ2) is 8.70. The number of ether oxygens (including phenoxy) is 2. The van der Waals surface area contributed by atoms with E-state index in [9.17, 15) is 9.59 Å². The van der Waals surface area contributed by atoms with Crippen molar-refractivity contribution in [2.24, 2.45) is 5.92 Å². The third kappa shape index (κ3) is 6.43. The Balaban J connectivity index is 2.96. The molecule has 0 N–H and O–H groups in total. The van der Waals surface area contributed by atoms with Gasteiger partial charge in [0.25, 0.3) is 0 Å². The Morgan fingerprint density at radius 2 is 1.39 bits per heavy atom. The quantitative estimate of drug-likeness (QED) is 0.580. The molecule has 0 saturated heterocycles. The molecule has 1 rings (SSSR count). The normalized spacial score (nSPS) is 26.3. The number of hydrogen-bond donors (Lipinski definition) is 0. The lowest BCUT2D eigenvalue weighted by Gasteiger charge is -2.29. The predicted octanol–water partition coefficient (Wildman–Crippen LogP) is 4.12. The summed E-state index contributed by atoms with van der Waals surface area (Å²) >= 11 is 0. The molecule has 128 valence electrons. The van der Waals surface area contributed by atoms with Crippen molar-refractivity contribution in [2.45, 2.75) is 65.1 Å². The highest BCUT2D eigenvalue weighted by Crippen LogP contribution is 2.32. The molecule has 1 saturated carbocycles. The summed E-state index contributed by atoms with van der Waals surface area (Å²) in [4.78, 5) is 22.7. The van der Waals surface area contributed by atoms with Gasteiger partial charge in [-0.3, -0.25) is 9.59 Å². The van der Waals surface area contributed by atoms with E-state index in [1.54, 1.807) is 0 Å². The van der Waals surface area contributed by atoms with E-state index in [0.717, 1.165) is 29.6 Å². The van der Waals surface area contributed by atoms with Crippen LogP contribution in [0.25, 0.3) is 0 Å². The third-order valence-electron chi connectivity index (χ3n) is 4.26. The van der Waals surface area contributed by atoms with Crippen LogP contribution in [-0.2, 0) is 19.1 Å². The number of carbonyl (C=O) groups is 2. The molecule has 0 spiro atoms. The molecule has 0 aliphatic heterocycles. The molecule has 3 atom stereocenters. The van der Waals surface area contributed by atoms with Gasteiger partial charge in [-0.1, -0.05) is 25.3 Å². The van der Waals surface area contributed by atoms with Crippen molar-refractivity contribution in [2.75, 3.05) is 0 Å². The van der Waals surface area contributed by atoms with Crippen LogP contribution in [0.4, 0.5) is 0 Å². The fourth-order valence-electron chi connectivity index (χ4n) is 2.87. The van der Waals surface area contributed by atoms with Gasteiger partial charge >= 0.3 is 11.9 Å². The van der Waals surface area contributed by atoms with Crippen LogP contribution in [0.5, 0.6) is 0 Å². The van der Waals surface area contributed by atoms with Crippen LogP contribution in [0.15, 0.2) is 36.5 Å². The minimum Gasteiger partial charge on any atom is -0.458 e. The molecule has 0 aromatic heterocycles. The maximum atomic E-state index is 11.4. The first-order valence-electron chi connectivity index (χ1n) is 8.05. The maximum absolute atomic E-state index is 11.4. The first-order chi connectivity index (χ1) is 10.7. The highest BCUT2D eigenvalue weighted by molar-refractivity contribution is 5.67. The number of allylic oxidation sites excluding steroid dienone is 1. The second-order valence-corrected chi connectivity index (χ2v) is 6.37. The fraction of sp³-hybridized carbons (Fsp3) is 0.579. The van der Waals surface area contributed by atoms with Crippen molar-refractivity contribution in [3.05, 3.63) is 36.5 Å². The topological polar surface area (TPSA) is 52.6 Å². The molecule has 1 fully saturated rings. The summed E-state index contributed by atoms with van der Waals surface area (Å²) < 4.78 is 10.8. The zero-order valence-corrected chi connectivity index (χ0v) is 14.5. The molecular formula is C19H28O4. The van der Waals surface area contributed by atoms with Crippen LogP contribution >= 0.6 is 0 Å². The van der Waals surface area contributed by atoms with Gasteiger partial charge in [-0.05, 0) is 56.1 Å². The van der Waals surface area contributed by atoms with Crippen molar-refractivity contribution >= 4 is 11.9 Å². The summed E-state index contributed by atoms with van der Waals surface area (Å²) in [7, 11) is 0. The molecule has 4 nitrogen and oxygen atoms in total. The fourth-order valence-corrected chi connectivity index (χ4v) is 2.87. The van der Waals surface area contributed by atoms with Gasteiger partial charge in [-0.25, -0.2) is 0 Å². The Bertz CT molecular complexity index is 503. The Morgan fingerprint density at radius 3 is 1.91 bits per heavy atom. The minimum absolute atomic E-state index is 0.212. The molecule has 1 aliphatic carbocycles. The second-order valence-electron chi connectivity index (χ2n) is 6.37. The van der Waals surface area contributed by atoms with Crippen molar-refractivity contribution in [1.29, 1.82) is 0 Å². The molecule has 23 heavy (non-hydrogen) atoms. The van der Waals surface area contributed by atoms with Gasteiger partial charge in [0.15, 0.2) is 0 Å². The van der Waals surface area contributed by atoms with Gasteiger partial charge < -0.3 is 9.47 Å². The number of esters is 2.